The van der Waals surface area contributed by atoms with Crippen LogP contribution in [0.4, 0.5) is 5.69 Å². The van der Waals surface area contributed by atoms with Crippen LogP contribution in [0, 0.1) is 10.1 Å². The van der Waals surface area contributed by atoms with E-state index in [4.69, 9.17) is 9.84 Å². The van der Waals surface area contributed by atoms with Crippen LogP contribution < -0.4 is 10.1 Å². The smallest absolute Gasteiger partial charge is 0.317 e. The van der Waals surface area contributed by atoms with E-state index in [1.54, 1.807) is 6.26 Å². The number of ether oxygens (including phenoxy) is 1. The zero-order valence-electron chi connectivity index (χ0n) is 15.4. The van der Waals surface area contributed by atoms with Crippen LogP contribution in [-0.2, 0) is 4.79 Å². The highest BCUT2D eigenvalue weighted by Crippen LogP contribution is 2.35. The summed E-state index contributed by atoms with van der Waals surface area (Å²) in [6, 6.07) is 2.68. The van der Waals surface area contributed by atoms with Crippen LogP contribution in [0.3, 0.4) is 0 Å². The number of nitrogens with one attached hydrogen (secondary N) is 1. The summed E-state index contributed by atoms with van der Waals surface area (Å²) in [6.45, 7) is 2.46. The lowest BCUT2D eigenvalue weighted by Gasteiger charge is -2.42. The first-order chi connectivity index (χ1) is 12.8. The topological polar surface area (TPSA) is 122 Å². The maximum atomic E-state index is 12.6. The van der Waals surface area contributed by atoms with Crippen molar-refractivity contribution in [1.82, 2.24) is 10.2 Å². The molecule has 0 aliphatic heterocycles. The van der Waals surface area contributed by atoms with Crippen molar-refractivity contribution in [2.24, 2.45) is 0 Å². The summed E-state index contributed by atoms with van der Waals surface area (Å²) in [6.07, 6.45) is 3.03. The monoisotopic (exact) mass is 397 g/mol. The zero-order valence-corrected chi connectivity index (χ0v) is 16.2. The fourth-order valence-corrected chi connectivity index (χ4v) is 3.72. The Morgan fingerprint density at radius 1 is 1.44 bits per heavy atom. The molecule has 2 N–H and O–H groups in total. The molecule has 1 aliphatic carbocycles. The van der Waals surface area contributed by atoms with Gasteiger partial charge in [-0.05, 0) is 31.7 Å². The van der Waals surface area contributed by atoms with E-state index in [0.717, 1.165) is 0 Å². The summed E-state index contributed by atoms with van der Waals surface area (Å²) in [5.74, 6) is -1.05. The van der Waals surface area contributed by atoms with E-state index in [1.807, 2.05) is 11.8 Å². The number of carboxylic acid groups (broad SMARTS) is 1. The number of likely N-dealkylation sites (N-methyl/N-ethyl adjacent to an activating group) is 1. The highest BCUT2D eigenvalue weighted by molar-refractivity contribution is 7.98. The number of rotatable bonds is 9. The molecule has 0 unspecified atom stereocenters. The van der Waals surface area contributed by atoms with Crippen LogP contribution in [0.5, 0.6) is 5.75 Å². The highest BCUT2D eigenvalue weighted by Gasteiger charge is 2.36. The van der Waals surface area contributed by atoms with Crippen molar-refractivity contribution in [1.29, 1.82) is 0 Å². The van der Waals surface area contributed by atoms with Crippen LogP contribution in [0.2, 0.25) is 0 Å². The van der Waals surface area contributed by atoms with Gasteiger partial charge in [0.2, 0.25) is 0 Å². The standard InChI is InChI=1S/C17H23N3O6S/c1-4-19(9-16(21)22)11-5-10(6-11)18-17(23)12-7-15(27-3)14(26-2)8-13(12)20(24)25/h7-8,10-11H,4-6,9H2,1-3H3,(H,18,23)(H,21,22). The fourth-order valence-electron chi connectivity index (χ4n) is 3.14. The van der Waals surface area contributed by atoms with Crippen molar-refractivity contribution in [3.05, 3.63) is 27.8 Å². The molecule has 9 nitrogen and oxygen atoms in total. The van der Waals surface area contributed by atoms with E-state index in [9.17, 15) is 19.7 Å². The Balaban J connectivity index is 2.09. The minimum atomic E-state index is -0.886. The molecule has 1 aliphatic rings. The van der Waals surface area contributed by atoms with Gasteiger partial charge < -0.3 is 15.2 Å². The number of benzene rings is 1. The number of carboxylic acids is 1. The Hall–Kier alpha value is -2.33. The number of nitrogens with zero attached hydrogens (tertiary/aromatic N) is 2. The van der Waals surface area contributed by atoms with Crippen molar-refractivity contribution in [2.45, 2.75) is 36.7 Å². The maximum absolute atomic E-state index is 12.6. The molecule has 0 heterocycles. The van der Waals surface area contributed by atoms with Gasteiger partial charge in [-0.2, -0.15) is 0 Å². The van der Waals surface area contributed by atoms with Crippen LogP contribution in [-0.4, -0.2) is 65.3 Å². The van der Waals surface area contributed by atoms with E-state index in [1.165, 1.54) is 31.0 Å². The summed E-state index contributed by atoms with van der Waals surface area (Å²) in [4.78, 5) is 36.7. The van der Waals surface area contributed by atoms with E-state index in [2.05, 4.69) is 5.32 Å². The summed E-state index contributed by atoms with van der Waals surface area (Å²) in [5, 5.41) is 23.1. The quantitative estimate of drug-likeness (QED) is 0.368. The Kier molecular flexibility index (Phi) is 7.03. The molecule has 0 radical (unpaired) electrons. The van der Waals surface area contributed by atoms with Gasteiger partial charge in [-0.25, -0.2) is 0 Å². The van der Waals surface area contributed by atoms with Gasteiger partial charge in [0.15, 0.2) is 0 Å². The van der Waals surface area contributed by atoms with Gasteiger partial charge in [0.1, 0.15) is 11.3 Å². The highest BCUT2D eigenvalue weighted by atomic mass is 32.2. The second-order valence-electron chi connectivity index (χ2n) is 6.23. The molecule has 10 heteroatoms. The van der Waals surface area contributed by atoms with Crippen LogP contribution in [0.1, 0.15) is 30.1 Å². The zero-order chi connectivity index (χ0) is 20.1. The van der Waals surface area contributed by atoms with Crippen molar-refractivity contribution in [3.8, 4) is 5.75 Å². The van der Waals surface area contributed by atoms with Gasteiger partial charge in [-0.3, -0.25) is 24.6 Å². The van der Waals surface area contributed by atoms with Gasteiger partial charge in [-0.15, -0.1) is 11.8 Å². The van der Waals surface area contributed by atoms with Gasteiger partial charge in [0.05, 0.1) is 29.5 Å². The Morgan fingerprint density at radius 2 is 2.11 bits per heavy atom. The number of methoxy groups -OCH3 is 1. The molecule has 0 spiro atoms. The molecule has 148 valence electrons. The Bertz CT molecular complexity index is 736. The van der Waals surface area contributed by atoms with Crippen molar-refractivity contribution < 1.29 is 24.4 Å². The largest absolute Gasteiger partial charge is 0.495 e. The lowest BCUT2D eigenvalue weighted by atomic mass is 9.85. The van der Waals surface area contributed by atoms with Crippen molar-refractivity contribution in [2.75, 3.05) is 26.5 Å². The summed E-state index contributed by atoms with van der Waals surface area (Å²) in [5.41, 5.74) is -0.314. The van der Waals surface area contributed by atoms with E-state index < -0.39 is 16.8 Å². The molecule has 0 atom stereocenters. The van der Waals surface area contributed by atoms with Gasteiger partial charge in [0, 0.05) is 12.1 Å². The molecule has 27 heavy (non-hydrogen) atoms. The molecule has 0 saturated heterocycles. The van der Waals surface area contributed by atoms with E-state index in [0.29, 0.717) is 30.0 Å². The third kappa shape index (κ3) is 4.89. The molecular weight excluding hydrogens is 374 g/mol. The first kappa shape index (κ1) is 21.0. The Morgan fingerprint density at radius 3 is 2.59 bits per heavy atom. The molecule has 1 fully saturated rings. The second kappa shape index (κ2) is 9.05. The minimum absolute atomic E-state index is 0.00789. The van der Waals surface area contributed by atoms with Gasteiger partial charge in [0.25, 0.3) is 11.6 Å². The van der Waals surface area contributed by atoms with Crippen molar-refractivity contribution >= 4 is 29.3 Å². The maximum Gasteiger partial charge on any atom is 0.317 e. The summed E-state index contributed by atoms with van der Waals surface area (Å²) in [7, 11) is 1.42. The normalized spacial score (nSPS) is 18.7. The first-order valence-corrected chi connectivity index (χ1v) is 9.70. The van der Waals surface area contributed by atoms with Crippen LogP contribution in [0.25, 0.3) is 0 Å². The first-order valence-electron chi connectivity index (χ1n) is 8.47. The number of carbonyl (C=O) groups excluding carboxylic acids is 1. The third-order valence-electron chi connectivity index (χ3n) is 4.65. The molecule has 0 bridgehead atoms. The van der Waals surface area contributed by atoms with Gasteiger partial charge in [-0.1, -0.05) is 6.92 Å². The third-order valence-corrected chi connectivity index (χ3v) is 5.41. The predicted octanol–water partition coefficient (Wildman–Crippen LogP) is 1.99. The molecule has 1 saturated carbocycles. The fraction of sp³-hybridized carbons (Fsp3) is 0.529. The number of hydrogen-bond acceptors (Lipinski definition) is 7. The number of thioether (sulfide) groups is 1. The average Bonchev–Trinajstić information content (AvgIpc) is 2.60. The predicted molar refractivity (Wildman–Crippen MR) is 101 cm³/mol. The lowest BCUT2D eigenvalue weighted by Crippen LogP contribution is -2.54. The number of nitro groups is 1. The number of hydrogen-bond donors (Lipinski definition) is 2. The average molecular weight is 397 g/mol. The van der Waals surface area contributed by atoms with Crippen LogP contribution >= 0.6 is 11.8 Å². The van der Waals surface area contributed by atoms with Crippen molar-refractivity contribution in [3.63, 3.8) is 0 Å². The molecule has 1 aromatic rings. The number of nitro benzene ring substituents is 1. The van der Waals surface area contributed by atoms with E-state index >= 15 is 0 Å². The second-order valence-corrected chi connectivity index (χ2v) is 7.08. The lowest BCUT2D eigenvalue weighted by molar-refractivity contribution is -0.385. The SMILES string of the molecule is CCN(CC(=O)O)C1CC(NC(=O)c2cc(SC)c(OC)cc2[N+](=O)[O-])C1. The number of carbonyl (C=O) groups is 2. The number of amides is 1. The van der Waals surface area contributed by atoms with Gasteiger partial charge >= 0.3 is 5.97 Å². The van der Waals surface area contributed by atoms with E-state index in [-0.39, 0.29) is 29.9 Å². The Labute approximate surface area is 161 Å². The molecule has 1 amide bonds. The molecular formula is C17H23N3O6S. The molecule has 2 rings (SSSR count). The summed E-state index contributed by atoms with van der Waals surface area (Å²) >= 11 is 1.33. The minimum Gasteiger partial charge on any atom is -0.495 e. The molecule has 0 aromatic heterocycles. The van der Waals surface area contributed by atoms with Crippen LogP contribution in [0.15, 0.2) is 17.0 Å². The molecule has 1 aromatic carbocycles. The number of aliphatic carboxylic acids is 1. The summed E-state index contributed by atoms with van der Waals surface area (Å²) < 4.78 is 5.15.